The molecule has 0 aliphatic carbocycles. The van der Waals surface area contributed by atoms with Crippen molar-refractivity contribution in [2.24, 2.45) is 7.05 Å². The highest BCUT2D eigenvalue weighted by molar-refractivity contribution is 6.06. The lowest BCUT2D eigenvalue weighted by Crippen LogP contribution is -2.20. The minimum absolute atomic E-state index is 0.0554. The van der Waals surface area contributed by atoms with Crippen LogP contribution in [-0.2, 0) is 11.8 Å². The fourth-order valence-electron chi connectivity index (χ4n) is 2.65. The van der Waals surface area contributed by atoms with Gasteiger partial charge in [-0.25, -0.2) is 13.5 Å². The Labute approximate surface area is 169 Å². The van der Waals surface area contributed by atoms with E-state index in [1.54, 1.807) is 0 Å². The van der Waals surface area contributed by atoms with Crippen LogP contribution in [0.2, 0.25) is 0 Å². The summed E-state index contributed by atoms with van der Waals surface area (Å²) in [5.41, 5.74) is 0.0533. The summed E-state index contributed by atoms with van der Waals surface area (Å²) >= 11 is 0. The van der Waals surface area contributed by atoms with Crippen LogP contribution >= 0.6 is 0 Å². The number of hydrogen-bond acceptors (Lipinski definition) is 5. The number of terminal acetylenes is 1. The predicted octanol–water partition coefficient (Wildman–Crippen LogP) is 3.10. The number of ether oxygens (including phenoxy) is 2. The summed E-state index contributed by atoms with van der Waals surface area (Å²) in [6, 6.07) is 8.55. The molecule has 2 aromatic carbocycles. The highest BCUT2D eigenvalue weighted by Crippen LogP contribution is 2.41. The molecule has 0 aliphatic heterocycles. The zero-order chi connectivity index (χ0) is 21.8. The van der Waals surface area contributed by atoms with Gasteiger partial charge < -0.3 is 14.8 Å². The van der Waals surface area contributed by atoms with E-state index in [9.17, 15) is 18.4 Å². The molecule has 1 amide bonds. The Bertz CT molecular complexity index is 1230. The standard InChI is InChI=1S/C21H15F2N3O4/c1-4-18(27)24-14-6-5-7-16(30-15-9-8-12(22)10-13(15)23)20(14)21-17(29-3)11-19(28)26(2)25-21/h1,5-11H,2-3H3,(H,24,27). The molecule has 0 fully saturated rings. The maximum Gasteiger partial charge on any atom is 0.300 e. The molecule has 3 rings (SSSR count). The van der Waals surface area contributed by atoms with Crippen molar-refractivity contribution < 1.29 is 23.0 Å². The van der Waals surface area contributed by atoms with E-state index in [1.807, 2.05) is 5.92 Å². The Morgan fingerprint density at radius 2 is 1.93 bits per heavy atom. The second-order valence-electron chi connectivity index (χ2n) is 5.98. The SMILES string of the molecule is C#CC(=O)Nc1cccc(Oc2ccc(F)cc2F)c1-c1nn(C)c(=O)cc1OC. The number of amides is 1. The summed E-state index contributed by atoms with van der Waals surface area (Å²) < 4.78 is 39.3. The quantitative estimate of drug-likeness (QED) is 0.653. The smallest absolute Gasteiger partial charge is 0.300 e. The van der Waals surface area contributed by atoms with Crippen LogP contribution in [0.1, 0.15) is 0 Å². The molecule has 152 valence electrons. The maximum absolute atomic E-state index is 14.2. The van der Waals surface area contributed by atoms with Gasteiger partial charge in [-0.05, 0) is 30.2 Å². The van der Waals surface area contributed by atoms with Gasteiger partial charge in [-0.3, -0.25) is 9.59 Å². The summed E-state index contributed by atoms with van der Waals surface area (Å²) in [6.45, 7) is 0. The molecule has 30 heavy (non-hydrogen) atoms. The third kappa shape index (κ3) is 4.12. The second-order valence-corrected chi connectivity index (χ2v) is 5.98. The molecular weight excluding hydrogens is 396 g/mol. The van der Waals surface area contributed by atoms with E-state index in [0.29, 0.717) is 6.07 Å². The summed E-state index contributed by atoms with van der Waals surface area (Å²) in [5, 5.41) is 6.69. The van der Waals surface area contributed by atoms with Gasteiger partial charge in [0.05, 0.1) is 18.4 Å². The molecule has 0 aliphatic rings. The Balaban J connectivity index is 2.25. The first-order valence-corrected chi connectivity index (χ1v) is 8.50. The fourth-order valence-corrected chi connectivity index (χ4v) is 2.65. The molecule has 1 heterocycles. The van der Waals surface area contributed by atoms with Gasteiger partial charge in [-0.1, -0.05) is 6.07 Å². The molecule has 7 nitrogen and oxygen atoms in total. The zero-order valence-electron chi connectivity index (χ0n) is 15.9. The van der Waals surface area contributed by atoms with E-state index >= 15 is 0 Å². The van der Waals surface area contributed by atoms with Crippen molar-refractivity contribution in [2.45, 2.75) is 0 Å². The summed E-state index contributed by atoms with van der Waals surface area (Å²) in [5.74, 6) is -0.636. The van der Waals surface area contributed by atoms with Gasteiger partial charge in [-0.2, -0.15) is 5.10 Å². The second kappa shape index (κ2) is 8.45. The number of carbonyl (C=O) groups excluding carboxylic acids is 1. The molecule has 0 spiro atoms. The van der Waals surface area contributed by atoms with E-state index in [-0.39, 0.29) is 34.2 Å². The monoisotopic (exact) mass is 411 g/mol. The molecule has 0 atom stereocenters. The first-order chi connectivity index (χ1) is 14.3. The van der Waals surface area contributed by atoms with Crippen molar-refractivity contribution in [3.63, 3.8) is 0 Å². The average molecular weight is 411 g/mol. The Kier molecular flexibility index (Phi) is 5.78. The Morgan fingerprint density at radius 3 is 2.60 bits per heavy atom. The highest BCUT2D eigenvalue weighted by atomic mass is 19.1. The molecule has 9 heteroatoms. The van der Waals surface area contributed by atoms with Crippen molar-refractivity contribution >= 4 is 11.6 Å². The average Bonchev–Trinajstić information content (AvgIpc) is 2.72. The number of nitrogens with one attached hydrogen (secondary N) is 1. The number of rotatable bonds is 5. The molecular formula is C21H15F2N3O4. The van der Waals surface area contributed by atoms with Gasteiger partial charge in [-0.15, -0.1) is 6.42 Å². The van der Waals surface area contributed by atoms with Crippen LogP contribution in [0.15, 0.2) is 47.3 Å². The van der Waals surface area contributed by atoms with Gasteiger partial charge in [0.2, 0.25) is 0 Å². The Morgan fingerprint density at radius 1 is 1.17 bits per heavy atom. The van der Waals surface area contributed by atoms with E-state index in [1.165, 1.54) is 38.4 Å². The van der Waals surface area contributed by atoms with Crippen molar-refractivity contribution in [1.82, 2.24) is 9.78 Å². The van der Waals surface area contributed by atoms with Crippen LogP contribution in [0.3, 0.4) is 0 Å². The molecule has 3 aromatic rings. The fraction of sp³-hybridized carbons (Fsp3) is 0.0952. The largest absolute Gasteiger partial charge is 0.494 e. The number of carbonyl (C=O) groups is 1. The topological polar surface area (TPSA) is 82.5 Å². The van der Waals surface area contributed by atoms with Crippen LogP contribution in [0.25, 0.3) is 11.3 Å². The normalized spacial score (nSPS) is 10.2. The third-order valence-corrected chi connectivity index (χ3v) is 4.03. The van der Waals surface area contributed by atoms with Crippen molar-refractivity contribution in [2.75, 3.05) is 12.4 Å². The lowest BCUT2D eigenvalue weighted by atomic mass is 10.1. The first kappa shape index (κ1) is 20.5. The summed E-state index contributed by atoms with van der Waals surface area (Å²) in [4.78, 5) is 23.8. The molecule has 0 saturated heterocycles. The highest BCUT2D eigenvalue weighted by Gasteiger charge is 2.21. The molecule has 1 N–H and O–H groups in total. The lowest BCUT2D eigenvalue weighted by Gasteiger charge is -2.17. The van der Waals surface area contributed by atoms with Gasteiger partial charge in [0, 0.05) is 19.2 Å². The number of nitrogens with zero attached hydrogens (tertiary/aromatic N) is 2. The number of aromatic nitrogens is 2. The van der Waals surface area contributed by atoms with Gasteiger partial charge in [0.1, 0.15) is 17.3 Å². The number of halogens is 2. The van der Waals surface area contributed by atoms with Gasteiger partial charge >= 0.3 is 0 Å². The number of methoxy groups -OCH3 is 1. The van der Waals surface area contributed by atoms with Gasteiger partial charge in [0.15, 0.2) is 17.3 Å². The van der Waals surface area contributed by atoms with Gasteiger partial charge in [0.25, 0.3) is 11.5 Å². The number of aryl methyl sites for hydroxylation is 1. The molecule has 0 saturated carbocycles. The minimum Gasteiger partial charge on any atom is -0.494 e. The van der Waals surface area contributed by atoms with Crippen LogP contribution in [0, 0.1) is 24.0 Å². The van der Waals surface area contributed by atoms with Crippen LogP contribution < -0.4 is 20.3 Å². The molecule has 1 aromatic heterocycles. The molecule has 0 radical (unpaired) electrons. The number of benzene rings is 2. The summed E-state index contributed by atoms with van der Waals surface area (Å²) in [6.07, 6.45) is 5.14. The van der Waals surface area contributed by atoms with Crippen molar-refractivity contribution in [3.8, 4) is 40.8 Å². The minimum atomic E-state index is -0.931. The Hall–Kier alpha value is -4.19. The van der Waals surface area contributed by atoms with E-state index in [0.717, 1.165) is 16.8 Å². The van der Waals surface area contributed by atoms with Crippen LogP contribution in [-0.4, -0.2) is 22.8 Å². The predicted molar refractivity (Wildman–Crippen MR) is 105 cm³/mol. The zero-order valence-corrected chi connectivity index (χ0v) is 15.9. The maximum atomic E-state index is 14.2. The van der Waals surface area contributed by atoms with E-state index in [2.05, 4.69) is 10.4 Å². The van der Waals surface area contributed by atoms with Crippen molar-refractivity contribution in [1.29, 1.82) is 0 Å². The third-order valence-electron chi connectivity index (χ3n) is 4.03. The lowest BCUT2D eigenvalue weighted by molar-refractivity contribution is -0.111. The molecule has 0 bridgehead atoms. The van der Waals surface area contributed by atoms with E-state index < -0.39 is 23.1 Å². The number of hydrogen-bond donors (Lipinski definition) is 1. The van der Waals surface area contributed by atoms with Crippen molar-refractivity contribution in [3.05, 3.63) is 64.5 Å². The van der Waals surface area contributed by atoms with E-state index in [4.69, 9.17) is 15.9 Å². The summed E-state index contributed by atoms with van der Waals surface area (Å²) in [7, 11) is 2.76. The van der Waals surface area contributed by atoms with Crippen LogP contribution in [0.4, 0.5) is 14.5 Å². The first-order valence-electron chi connectivity index (χ1n) is 8.50. The molecule has 0 unspecified atom stereocenters. The van der Waals surface area contributed by atoms with Crippen LogP contribution in [0.5, 0.6) is 17.2 Å². The number of anilines is 1.